The van der Waals surface area contributed by atoms with Crippen molar-refractivity contribution >= 4 is 33.6 Å². The van der Waals surface area contributed by atoms with Crippen molar-refractivity contribution in [2.45, 2.75) is 0 Å². The molecule has 0 bridgehead atoms. The summed E-state index contributed by atoms with van der Waals surface area (Å²) < 4.78 is 5.26. The second kappa shape index (κ2) is 6.09. The van der Waals surface area contributed by atoms with Crippen molar-refractivity contribution in [3.8, 4) is 0 Å². The first-order chi connectivity index (χ1) is 8.00. The average Bonchev–Trinajstić information content (AvgIpc) is 2.23. The molecule has 0 radical (unpaired) electrons. The van der Waals surface area contributed by atoms with Gasteiger partial charge in [-0.15, -0.1) is 0 Å². The Morgan fingerprint density at radius 3 is 2.71 bits per heavy atom. The minimum absolute atomic E-state index is 0.0253. The van der Waals surface area contributed by atoms with Crippen LogP contribution in [0.1, 0.15) is 10.4 Å². The number of amides is 2. The minimum Gasteiger partial charge on any atom is -0.448 e. The Morgan fingerprint density at radius 2 is 2.12 bits per heavy atom. The van der Waals surface area contributed by atoms with E-state index >= 15 is 0 Å². The molecule has 0 aliphatic heterocycles. The molecule has 0 atom stereocenters. The zero-order valence-electron chi connectivity index (χ0n) is 8.90. The van der Waals surface area contributed by atoms with E-state index in [0.717, 1.165) is 4.47 Å². The lowest BCUT2D eigenvalue weighted by Crippen LogP contribution is -2.29. The quantitative estimate of drug-likeness (QED) is 0.566. The summed E-state index contributed by atoms with van der Waals surface area (Å²) in [6, 6.07) is 4.95. The standard InChI is InChI=1S/C10H12BrN3O3/c11-6-1-2-7(8(12)5-6)9(15)14-3-4-17-10(13)16/h1-2,5H,3-4,12H2,(H2,13,16)(H,14,15). The molecule has 0 saturated heterocycles. The Bertz CT molecular complexity index is 437. The number of rotatable bonds is 4. The fourth-order valence-electron chi connectivity index (χ4n) is 1.15. The highest BCUT2D eigenvalue weighted by atomic mass is 79.9. The zero-order chi connectivity index (χ0) is 12.8. The molecular formula is C10H12BrN3O3. The maximum atomic E-state index is 11.6. The number of nitrogen functional groups attached to an aromatic ring is 1. The lowest BCUT2D eigenvalue weighted by molar-refractivity contribution is 0.0937. The van der Waals surface area contributed by atoms with Crippen molar-refractivity contribution in [3.63, 3.8) is 0 Å². The topological polar surface area (TPSA) is 107 Å². The highest BCUT2D eigenvalue weighted by Gasteiger charge is 2.09. The fraction of sp³-hybridized carbons (Fsp3) is 0.200. The van der Waals surface area contributed by atoms with E-state index in [1.807, 2.05) is 0 Å². The number of benzene rings is 1. The summed E-state index contributed by atoms with van der Waals surface area (Å²) in [7, 11) is 0. The van der Waals surface area contributed by atoms with E-state index in [1.165, 1.54) is 0 Å². The summed E-state index contributed by atoms with van der Waals surface area (Å²) in [4.78, 5) is 21.9. The van der Waals surface area contributed by atoms with E-state index in [-0.39, 0.29) is 19.1 Å². The van der Waals surface area contributed by atoms with Crippen LogP contribution in [0.2, 0.25) is 0 Å². The van der Waals surface area contributed by atoms with Crippen LogP contribution in [0.4, 0.5) is 10.5 Å². The van der Waals surface area contributed by atoms with Gasteiger partial charge in [-0.3, -0.25) is 4.79 Å². The number of primary amides is 1. The summed E-state index contributed by atoms with van der Waals surface area (Å²) in [5.74, 6) is -0.330. The molecule has 0 saturated carbocycles. The van der Waals surface area contributed by atoms with Gasteiger partial charge < -0.3 is 21.5 Å². The summed E-state index contributed by atoms with van der Waals surface area (Å²) in [6.07, 6.45) is -0.873. The molecule has 1 rings (SSSR count). The SMILES string of the molecule is NC(=O)OCCNC(=O)c1ccc(Br)cc1N. The van der Waals surface area contributed by atoms with Gasteiger partial charge in [0.1, 0.15) is 6.61 Å². The van der Waals surface area contributed by atoms with Crippen molar-refractivity contribution in [2.75, 3.05) is 18.9 Å². The average molecular weight is 302 g/mol. The van der Waals surface area contributed by atoms with Crippen LogP contribution in [0.3, 0.4) is 0 Å². The first-order valence-electron chi connectivity index (χ1n) is 4.76. The fourth-order valence-corrected chi connectivity index (χ4v) is 1.53. The lowest BCUT2D eigenvalue weighted by atomic mass is 10.1. The lowest BCUT2D eigenvalue weighted by Gasteiger charge is -2.07. The van der Waals surface area contributed by atoms with Crippen LogP contribution >= 0.6 is 15.9 Å². The van der Waals surface area contributed by atoms with Crippen LogP contribution in [-0.4, -0.2) is 25.2 Å². The van der Waals surface area contributed by atoms with E-state index in [0.29, 0.717) is 11.3 Å². The molecule has 5 N–H and O–H groups in total. The third-order valence-electron chi connectivity index (χ3n) is 1.89. The monoisotopic (exact) mass is 301 g/mol. The molecule has 1 aromatic rings. The molecule has 0 fully saturated rings. The summed E-state index contributed by atoms with van der Waals surface area (Å²) in [6.45, 7) is 0.203. The number of hydrogen-bond donors (Lipinski definition) is 3. The van der Waals surface area contributed by atoms with E-state index in [4.69, 9.17) is 11.5 Å². The Labute approximate surface area is 106 Å². The van der Waals surface area contributed by atoms with Gasteiger partial charge >= 0.3 is 6.09 Å². The molecule has 2 amide bonds. The Morgan fingerprint density at radius 1 is 1.41 bits per heavy atom. The number of nitrogens with one attached hydrogen (secondary N) is 1. The predicted molar refractivity (Wildman–Crippen MR) is 66.4 cm³/mol. The van der Waals surface area contributed by atoms with Gasteiger partial charge in [0, 0.05) is 10.2 Å². The van der Waals surface area contributed by atoms with E-state index in [1.54, 1.807) is 18.2 Å². The van der Waals surface area contributed by atoms with Crippen LogP contribution in [-0.2, 0) is 4.74 Å². The smallest absolute Gasteiger partial charge is 0.404 e. The summed E-state index contributed by atoms with van der Waals surface area (Å²) in [5, 5.41) is 2.55. The Kier molecular flexibility index (Phi) is 4.77. The van der Waals surface area contributed by atoms with Crippen molar-refractivity contribution in [3.05, 3.63) is 28.2 Å². The summed E-state index contributed by atoms with van der Waals surface area (Å²) in [5.41, 5.74) is 11.2. The molecule has 17 heavy (non-hydrogen) atoms. The van der Waals surface area contributed by atoms with Crippen molar-refractivity contribution < 1.29 is 14.3 Å². The van der Waals surface area contributed by atoms with Gasteiger partial charge in [-0.25, -0.2) is 4.79 Å². The number of halogens is 1. The van der Waals surface area contributed by atoms with Crippen LogP contribution in [0, 0.1) is 0 Å². The molecule has 6 nitrogen and oxygen atoms in total. The van der Waals surface area contributed by atoms with Crippen LogP contribution in [0.25, 0.3) is 0 Å². The van der Waals surface area contributed by atoms with Gasteiger partial charge in [0.25, 0.3) is 5.91 Å². The normalized spacial score (nSPS) is 9.71. The first kappa shape index (κ1) is 13.3. The highest BCUT2D eigenvalue weighted by Crippen LogP contribution is 2.18. The predicted octanol–water partition coefficient (Wildman–Crippen LogP) is 0.856. The molecule has 0 unspecified atom stereocenters. The number of carbonyl (C=O) groups excluding carboxylic acids is 2. The van der Waals surface area contributed by atoms with Gasteiger partial charge in [0.05, 0.1) is 12.1 Å². The number of ether oxygens (including phenoxy) is 1. The number of anilines is 1. The molecular weight excluding hydrogens is 290 g/mol. The maximum Gasteiger partial charge on any atom is 0.404 e. The van der Waals surface area contributed by atoms with Gasteiger partial charge in [0.15, 0.2) is 0 Å². The van der Waals surface area contributed by atoms with Crippen LogP contribution in [0.5, 0.6) is 0 Å². The Balaban J connectivity index is 2.50. The van der Waals surface area contributed by atoms with Crippen LogP contribution < -0.4 is 16.8 Å². The molecule has 1 aromatic carbocycles. The molecule has 92 valence electrons. The molecule has 0 aromatic heterocycles. The number of carbonyl (C=O) groups is 2. The minimum atomic E-state index is -0.873. The zero-order valence-corrected chi connectivity index (χ0v) is 10.5. The summed E-state index contributed by atoms with van der Waals surface area (Å²) >= 11 is 3.24. The molecule has 0 aliphatic rings. The largest absolute Gasteiger partial charge is 0.448 e. The Hall–Kier alpha value is -1.76. The number of nitrogens with two attached hydrogens (primary N) is 2. The molecule has 0 heterocycles. The third-order valence-corrected chi connectivity index (χ3v) is 2.38. The van der Waals surface area contributed by atoms with Crippen molar-refractivity contribution in [1.82, 2.24) is 5.32 Å². The second-order valence-electron chi connectivity index (χ2n) is 3.15. The van der Waals surface area contributed by atoms with Gasteiger partial charge in [-0.1, -0.05) is 15.9 Å². The highest BCUT2D eigenvalue weighted by molar-refractivity contribution is 9.10. The van der Waals surface area contributed by atoms with Gasteiger partial charge in [0.2, 0.25) is 0 Å². The molecule has 0 aliphatic carbocycles. The third kappa shape index (κ3) is 4.31. The number of hydrogen-bond acceptors (Lipinski definition) is 4. The van der Waals surface area contributed by atoms with E-state index in [9.17, 15) is 9.59 Å². The second-order valence-corrected chi connectivity index (χ2v) is 4.07. The van der Waals surface area contributed by atoms with Crippen molar-refractivity contribution in [2.24, 2.45) is 5.73 Å². The van der Waals surface area contributed by atoms with Crippen molar-refractivity contribution in [1.29, 1.82) is 0 Å². The molecule has 7 heteroatoms. The van der Waals surface area contributed by atoms with E-state index in [2.05, 4.69) is 26.0 Å². The van der Waals surface area contributed by atoms with E-state index < -0.39 is 6.09 Å². The van der Waals surface area contributed by atoms with Crippen LogP contribution in [0.15, 0.2) is 22.7 Å². The maximum absolute atomic E-state index is 11.6. The first-order valence-corrected chi connectivity index (χ1v) is 5.55. The molecule has 0 spiro atoms. The van der Waals surface area contributed by atoms with Gasteiger partial charge in [-0.2, -0.15) is 0 Å². The van der Waals surface area contributed by atoms with Gasteiger partial charge in [-0.05, 0) is 18.2 Å².